The van der Waals surface area contributed by atoms with Gasteiger partial charge < -0.3 is 4.74 Å². The van der Waals surface area contributed by atoms with E-state index in [9.17, 15) is 4.39 Å². The van der Waals surface area contributed by atoms with Crippen LogP contribution < -0.4 is 4.74 Å². The predicted octanol–water partition coefficient (Wildman–Crippen LogP) is 4.36. The summed E-state index contributed by atoms with van der Waals surface area (Å²) in [4.78, 5) is 8.45. The summed E-state index contributed by atoms with van der Waals surface area (Å²) in [6.07, 6.45) is 0. The summed E-state index contributed by atoms with van der Waals surface area (Å²) in [7, 11) is 0. The lowest BCUT2D eigenvalue weighted by molar-refractivity contribution is 0.442. The number of benzene rings is 1. The molecule has 19 heavy (non-hydrogen) atoms. The maximum atomic E-state index is 13.1. The first-order valence-electron chi connectivity index (χ1n) is 5.83. The second-order valence-corrected chi connectivity index (χ2v) is 5.55. The minimum absolute atomic E-state index is 0.245. The lowest BCUT2D eigenvalue weighted by Gasteiger charge is -2.17. The van der Waals surface area contributed by atoms with Crippen molar-refractivity contribution in [2.75, 3.05) is 0 Å². The molecule has 0 unspecified atom stereocenters. The van der Waals surface area contributed by atoms with Crippen LogP contribution in [0, 0.1) is 5.82 Å². The van der Waals surface area contributed by atoms with E-state index in [0.717, 1.165) is 0 Å². The van der Waals surface area contributed by atoms with Crippen molar-refractivity contribution in [2.45, 2.75) is 26.2 Å². The van der Waals surface area contributed by atoms with Crippen molar-refractivity contribution < 1.29 is 9.13 Å². The van der Waals surface area contributed by atoms with Crippen LogP contribution in [0.3, 0.4) is 0 Å². The first-order valence-corrected chi connectivity index (χ1v) is 6.21. The van der Waals surface area contributed by atoms with Gasteiger partial charge in [-0.05, 0) is 12.1 Å². The Labute approximate surface area is 116 Å². The smallest absolute Gasteiger partial charge is 0.224 e. The number of rotatable bonds is 2. The van der Waals surface area contributed by atoms with Crippen molar-refractivity contribution in [3.63, 3.8) is 0 Å². The molecule has 0 fully saturated rings. The number of halogens is 2. The van der Waals surface area contributed by atoms with Gasteiger partial charge in [0.25, 0.3) is 0 Å². The zero-order valence-electron chi connectivity index (χ0n) is 10.9. The van der Waals surface area contributed by atoms with E-state index in [1.807, 2.05) is 20.8 Å². The molecular formula is C14H14ClFN2O. The third-order valence-electron chi connectivity index (χ3n) is 2.36. The van der Waals surface area contributed by atoms with Crippen molar-refractivity contribution in [1.29, 1.82) is 0 Å². The fraction of sp³-hybridized carbons (Fsp3) is 0.286. The molecular weight excluding hydrogens is 267 g/mol. The van der Waals surface area contributed by atoms with Crippen molar-refractivity contribution in [2.24, 2.45) is 0 Å². The summed E-state index contributed by atoms with van der Waals surface area (Å²) in [6.45, 7) is 5.93. The molecule has 2 aromatic rings. The van der Waals surface area contributed by atoms with Crippen LogP contribution in [-0.4, -0.2) is 9.97 Å². The summed E-state index contributed by atoms with van der Waals surface area (Å²) in [5.41, 5.74) is -0.245. The molecule has 3 nitrogen and oxygen atoms in total. The quantitative estimate of drug-likeness (QED) is 0.767. The number of aromatic nitrogens is 2. The lowest BCUT2D eigenvalue weighted by atomic mass is 9.96. The van der Waals surface area contributed by atoms with Gasteiger partial charge in [0.05, 0.1) is 0 Å². The van der Waals surface area contributed by atoms with E-state index in [-0.39, 0.29) is 11.2 Å². The fourth-order valence-corrected chi connectivity index (χ4v) is 1.61. The molecule has 5 heteroatoms. The van der Waals surface area contributed by atoms with E-state index in [1.54, 1.807) is 12.1 Å². The highest BCUT2D eigenvalue weighted by Gasteiger charge is 2.19. The van der Waals surface area contributed by atoms with Gasteiger partial charge in [-0.2, -0.15) is 4.98 Å². The normalized spacial score (nSPS) is 11.4. The average molecular weight is 281 g/mol. The first-order chi connectivity index (χ1) is 8.84. The van der Waals surface area contributed by atoms with E-state index in [0.29, 0.717) is 22.6 Å². The molecule has 1 aromatic heterocycles. The van der Waals surface area contributed by atoms with Crippen LogP contribution in [0.5, 0.6) is 11.6 Å². The monoisotopic (exact) mass is 280 g/mol. The predicted molar refractivity (Wildman–Crippen MR) is 72.2 cm³/mol. The summed E-state index contributed by atoms with van der Waals surface area (Å²) in [5.74, 6) is 0.880. The van der Waals surface area contributed by atoms with Gasteiger partial charge in [-0.25, -0.2) is 9.37 Å². The van der Waals surface area contributed by atoms with E-state index < -0.39 is 0 Å². The molecule has 1 aromatic carbocycles. The highest BCUT2D eigenvalue weighted by atomic mass is 35.5. The SMILES string of the molecule is CC(C)(C)c1nc(Cl)cc(Oc2cccc(F)c2)n1. The summed E-state index contributed by atoms with van der Waals surface area (Å²) >= 11 is 5.95. The van der Waals surface area contributed by atoms with Gasteiger partial charge in [0.1, 0.15) is 22.5 Å². The summed E-state index contributed by atoms with van der Waals surface area (Å²) in [5, 5.41) is 0.298. The number of nitrogens with zero attached hydrogens (tertiary/aromatic N) is 2. The Hall–Kier alpha value is -1.68. The van der Waals surface area contributed by atoms with Crippen molar-refractivity contribution in [3.05, 3.63) is 47.1 Å². The van der Waals surface area contributed by atoms with Gasteiger partial charge in [-0.1, -0.05) is 38.4 Å². The molecule has 0 aliphatic rings. The molecule has 2 rings (SSSR count). The van der Waals surface area contributed by atoms with Crippen LogP contribution in [0.15, 0.2) is 30.3 Å². The van der Waals surface area contributed by atoms with Crippen molar-refractivity contribution in [1.82, 2.24) is 9.97 Å². The zero-order valence-corrected chi connectivity index (χ0v) is 11.7. The minimum Gasteiger partial charge on any atom is -0.439 e. The number of hydrogen-bond donors (Lipinski definition) is 0. The Morgan fingerprint density at radius 2 is 1.89 bits per heavy atom. The van der Waals surface area contributed by atoms with Gasteiger partial charge in [-0.15, -0.1) is 0 Å². The summed E-state index contributed by atoms with van der Waals surface area (Å²) in [6, 6.07) is 7.35. The van der Waals surface area contributed by atoms with E-state index in [1.165, 1.54) is 18.2 Å². The first kappa shape index (κ1) is 13.7. The lowest BCUT2D eigenvalue weighted by Crippen LogP contribution is -2.16. The van der Waals surface area contributed by atoms with Crippen LogP contribution in [-0.2, 0) is 5.41 Å². The van der Waals surface area contributed by atoms with Crippen molar-refractivity contribution in [3.8, 4) is 11.6 Å². The van der Waals surface area contributed by atoms with Crippen molar-refractivity contribution >= 4 is 11.6 Å². The van der Waals surface area contributed by atoms with Crippen LogP contribution in [0.4, 0.5) is 4.39 Å². The molecule has 0 atom stereocenters. The topological polar surface area (TPSA) is 35.0 Å². The van der Waals surface area contributed by atoms with E-state index in [2.05, 4.69) is 9.97 Å². The third kappa shape index (κ3) is 3.64. The Morgan fingerprint density at radius 1 is 1.16 bits per heavy atom. The Balaban J connectivity index is 2.33. The molecule has 0 N–H and O–H groups in total. The minimum atomic E-state index is -0.367. The zero-order chi connectivity index (χ0) is 14.0. The molecule has 0 aliphatic heterocycles. The van der Waals surface area contributed by atoms with Gasteiger partial charge in [-0.3, -0.25) is 0 Å². The molecule has 0 radical (unpaired) electrons. The highest BCUT2D eigenvalue weighted by molar-refractivity contribution is 6.29. The fourth-order valence-electron chi connectivity index (χ4n) is 1.44. The second-order valence-electron chi connectivity index (χ2n) is 5.16. The molecule has 0 amide bonds. The van der Waals surface area contributed by atoms with Gasteiger partial charge >= 0.3 is 0 Å². The standard InChI is InChI=1S/C14H14ClFN2O/c1-14(2,3)13-17-11(15)8-12(18-13)19-10-6-4-5-9(16)7-10/h4-8H,1-3H3. The van der Waals surface area contributed by atoms with Gasteiger partial charge in [0, 0.05) is 17.5 Å². The maximum absolute atomic E-state index is 13.1. The second kappa shape index (κ2) is 5.13. The maximum Gasteiger partial charge on any atom is 0.224 e. The Kier molecular flexibility index (Phi) is 3.71. The highest BCUT2D eigenvalue weighted by Crippen LogP contribution is 2.26. The van der Waals surface area contributed by atoms with Gasteiger partial charge in [0.15, 0.2) is 0 Å². The largest absolute Gasteiger partial charge is 0.439 e. The third-order valence-corrected chi connectivity index (χ3v) is 2.55. The Morgan fingerprint density at radius 3 is 2.53 bits per heavy atom. The Bertz CT molecular complexity index is 596. The molecule has 1 heterocycles. The molecule has 100 valence electrons. The average Bonchev–Trinajstić information content (AvgIpc) is 2.26. The molecule has 0 spiro atoms. The molecule has 0 bridgehead atoms. The van der Waals surface area contributed by atoms with E-state index in [4.69, 9.17) is 16.3 Å². The van der Waals surface area contributed by atoms with Crippen LogP contribution in [0.2, 0.25) is 5.15 Å². The molecule has 0 aliphatic carbocycles. The molecule has 0 saturated heterocycles. The summed E-state index contributed by atoms with van der Waals surface area (Å²) < 4.78 is 18.6. The number of ether oxygens (including phenoxy) is 1. The van der Waals surface area contributed by atoms with Crippen LogP contribution in [0.1, 0.15) is 26.6 Å². The van der Waals surface area contributed by atoms with Crippen LogP contribution >= 0.6 is 11.6 Å². The van der Waals surface area contributed by atoms with Gasteiger partial charge in [0.2, 0.25) is 5.88 Å². The van der Waals surface area contributed by atoms with Crippen LogP contribution in [0.25, 0.3) is 0 Å². The van der Waals surface area contributed by atoms with E-state index >= 15 is 0 Å². The molecule has 0 saturated carbocycles. The number of hydrogen-bond acceptors (Lipinski definition) is 3.